The molecule has 1 aliphatic rings. The Morgan fingerprint density at radius 3 is 2.52 bits per heavy atom. The number of rotatable bonds is 4. The van der Waals surface area contributed by atoms with Gasteiger partial charge in [-0.1, -0.05) is 18.2 Å². The monoisotopic (exact) mass is 391 g/mol. The van der Waals surface area contributed by atoms with E-state index >= 15 is 0 Å². The summed E-state index contributed by atoms with van der Waals surface area (Å²) in [5.41, 5.74) is 2.80. The summed E-state index contributed by atoms with van der Waals surface area (Å²) in [6.07, 6.45) is 5.18. The van der Waals surface area contributed by atoms with Crippen molar-refractivity contribution in [1.82, 2.24) is 24.2 Å². The van der Waals surface area contributed by atoms with Crippen LogP contribution >= 0.6 is 0 Å². The van der Waals surface area contributed by atoms with Gasteiger partial charge in [-0.3, -0.25) is 14.0 Å². The van der Waals surface area contributed by atoms with Crippen molar-refractivity contribution in [1.29, 1.82) is 0 Å². The molecule has 3 heterocycles. The molecule has 29 heavy (non-hydrogen) atoms. The lowest BCUT2D eigenvalue weighted by Gasteiger charge is -2.32. The Morgan fingerprint density at radius 1 is 1.10 bits per heavy atom. The molecule has 1 fully saturated rings. The smallest absolute Gasteiger partial charge is 0.276 e. The quantitative estimate of drug-likeness (QED) is 0.686. The highest BCUT2D eigenvalue weighted by Gasteiger charge is 2.27. The second kappa shape index (κ2) is 8.03. The maximum absolute atomic E-state index is 12.7. The molecule has 0 bridgehead atoms. The number of amides is 2. The van der Waals surface area contributed by atoms with Gasteiger partial charge in [-0.2, -0.15) is 0 Å². The van der Waals surface area contributed by atoms with E-state index < -0.39 is 0 Å². The summed E-state index contributed by atoms with van der Waals surface area (Å²) in [7, 11) is 1.76. The maximum Gasteiger partial charge on any atom is 0.276 e. The molecule has 1 saturated heterocycles. The normalized spacial score (nSPS) is 14.9. The second-order valence-corrected chi connectivity index (χ2v) is 7.41. The van der Waals surface area contributed by atoms with E-state index in [1.807, 2.05) is 52.6 Å². The average Bonchev–Trinajstić information content (AvgIpc) is 3.22. The van der Waals surface area contributed by atoms with E-state index in [4.69, 9.17) is 0 Å². The third-order valence-electron chi connectivity index (χ3n) is 5.71. The van der Waals surface area contributed by atoms with Crippen LogP contribution in [0.3, 0.4) is 0 Å². The minimum atomic E-state index is -0.122. The van der Waals surface area contributed by atoms with Gasteiger partial charge < -0.3 is 9.80 Å². The number of imidazole rings is 1. The van der Waals surface area contributed by atoms with Gasteiger partial charge in [0.1, 0.15) is 6.33 Å². The molecule has 0 atom stereocenters. The van der Waals surface area contributed by atoms with E-state index in [2.05, 4.69) is 9.97 Å². The number of benzene rings is 1. The lowest BCUT2D eigenvalue weighted by Crippen LogP contribution is -2.38. The lowest BCUT2D eigenvalue weighted by atomic mass is 9.92. The van der Waals surface area contributed by atoms with Crippen LogP contribution < -0.4 is 0 Å². The van der Waals surface area contributed by atoms with Crippen molar-refractivity contribution in [3.63, 3.8) is 0 Å². The third kappa shape index (κ3) is 3.60. The summed E-state index contributed by atoms with van der Waals surface area (Å²) in [5, 5.41) is 0. The first kappa shape index (κ1) is 19.1. The molecule has 0 N–H and O–H groups in total. The molecule has 1 aromatic carbocycles. The minimum Gasteiger partial charge on any atom is -0.341 e. The molecule has 0 spiro atoms. The summed E-state index contributed by atoms with van der Waals surface area (Å²) < 4.78 is 1.93. The van der Waals surface area contributed by atoms with Crippen molar-refractivity contribution in [3.05, 3.63) is 65.9 Å². The molecule has 1 aliphatic heterocycles. The molecule has 2 aromatic heterocycles. The zero-order valence-corrected chi connectivity index (χ0v) is 16.8. The van der Waals surface area contributed by atoms with Gasteiger partial charge >= 0.3 is 0 Å². The Balaban J connectivity index is 1.52. The fourth-order valence-corrected chi connectivity index (χ4v) is 3.87. The third-order valence-corrected chi connectivity index (χ3v) is 5.71. The fraction of sp³-hybridized carbons (Fsp3) is 0.364. The molecule has 0 aliphatic carbocycles. The van der Waals surface area contributed by atoms with Crippen LogP contribution in [0, 0.1) is 0 Å². The van der Waals surface area contributed by atoms with Crippen LogP contribution in [0.15, 0.2) is 48.9 Å². The van der Waals surface area contributed by atoms with E-state index in [0.717, 1.165) is 24.1 Å². The van der Waals surface area contributed by atoms with E-state index in [0.29, 0.717) is 36.9 Å². The summed E-state index contributed by atoms with van der Waals surface area (Å²) in [4.78, 5) is 37.5. The van der Waals surface area contributed by atoms with E-state index in [-0.39, 0.29) is 11.8 Å². The standard InChI is InChI=1S/C22H25N5O2/c1-3-25(2)22(29)19-20-23-12-9-18(27(20)15-24-19)16-10-13-26(14-11-16)21(28)17-7-5-4-6-8-17/h4-9,12,15-16H,3,10-11,13-14H2,1-2H3. The van der Waals surface area contributed by atoms with Gasteiger partial charge in [-0.25, -0.2) is 9.97 Å². The van der Waals surface area contributed by atoms with Crippen molar-refractivity contribution in [2.45, 2.75) is 25.7 Å². The number of hydrogen-bond acceptors (Lipinski definition) is 4. The Morgan fingerprint density at radius 2 is 1.83 bits per heavy atom. The molecule has 4 rings (SSSR count). The van der Waals surface area contributed by atoms with Crippen LogP contribution in [0.5, 0.6) is 0 Å². The number of carbonyl (C=O) groups is 2. The number of fused-ring (bicyclic) bond motifs is 1. The highest BCUT2D eigenvalue weighted by atomic mass is 16.2. The Labute approximate surface area is 170 Å². The first-order valence-electron chi connectivity index (χ1n) is 10.0. The highest BCUT2D eigenvalue weighted by Crippen LogP contribution is 2.29. The van der Waals surface area contributed by atoms with Gasteiger partial charge in [0.25, 0.3) is 11.8 Å². The summed E-state index contributed by atoms with van der Waals surface area (Å²) in [5.74, 6) is 0.256. The zero-order valence-electron chi connectivity index (χ0n) is 16.8. The second-order valence-electron chi connectivity index (χ2n) is 7.41. The Bertz CT molecular complexity index is 1020. The fourth-order valence-electron chi connectivity index (χ4n) is 3.87. The lowest BCUT2D eigenvalue weighted by molar-refractivity contribution is 0.0711. The molecule has 150 valence electrons. The van der Waals surface area contributed by atoms with Crippen molar-refractivity contribution in [3.8, 4) is 0 Å². The molecule has 2 amide bonds. The van der Waals surface area contributed by atoms with Crippen molar-refractivity contribution in [2.24, 2.45) is 0 Å². The van der Waals surface area contributed by atoms with Crippen LogP contribution in [0.25, 0.3) is 5.65 Å². The maximum atomic E-state index is 12.7. The molecule has 7 nitrogen and oxygen atoms in total. The van der Waals surface area contributed by atoms with E-state index in [1.54, 1.807) is 24.5 Å². The van der Waals surface area contributed by atoms with E-state index in [1.165, 1.54) is 0 Å². The molecular weight excluding hydrogens is 366 g/mol. The predicted octanol–water partition coefficient (Wildman–Crippen LogP) is 2.84. The number of nitrogens with zero attached hydrogens (tertiary/aromatic N) is 5. The molecule has 3 aromatic rings. The number of piperidine rings is 1. The van der Waals surface area contributed by atoms with Crippen molar-refractivity contribution in [2.75, 3.05) is 26.7 Å². The Hall–Kier alpha value is -3.22. The first-order chi connectivity index (χ1) is 14.1. The average molecular weight is 391 g/mol. The van der Waals surface area contributed by atoms with Gasteiger partial charge in [0.15, 0.2) is 11.3 Å². The molecular formula is C22H25N5O2. The largest absolute Gasteiger partial charge is 0.341 e. The number of carbonyl (C=O) groups excluding carboxylic acids is 2. The SMILES string of the molecule is CCN(C)C(=O)c1ncn2c(C3CCN(C(=O)c4ccccc4)CC3)ccnc12. The van der Waals surface area contributed by atoms with Crippen LogP contribution in [0.1, 0.15) is 52.2 Å². The molecule has 0 radical (unpaired) electrons. The zero-order chi connectivity index (χ0) is 20.4. The summed E-state index contributed by atoms with van der Waals surface area (Å²) in [6.45, 7) is 3.97. The van der Waals surface area contributed by atoms with Gasteiger partial charge in [0.05, 0.1) is 0 Å². The van der Waals surface area contributed by atoms with Crippen LogP contribution in [-0.2, 0) is 0 Å². The minimum absolute atomic E-state index is 0.0852. The van der Waals surface area contributed by atoms with Gasteiger partial charge in [0, 0.05) is 50.1 Å². The number of aromatic nitrogens is 3. The van der Waals surface area contributed by atoms with E-state index in [9.17, 15) is 9.59 Å². The predicted molar refractivity (Wildman–Crippen MR) is 110 cm³/mol. The number of likely N-dealkylation sites (tertiary alicyclic amines) is 1. The highest BCUT2D eigenvalue weighted by molar-refractivity contribution is 5.97. The van der Waals surface area contributed by atoms with Crippen LogP contribution in [0.4, 0.5) is 0 Å². The molecule has 0 saturated carbocycles. The van der Waals surface area contributed by atoms with Gasteiger partial charge in [-0.15, -0.1) is 0 Å². The van der Waals surface area contributed by atoms with Gasteiger partial charge in [0.2, 0.25) is 0 Å². The Kier molecular flexibility index (Phi) is 5.29. The summed E-state index contributed by atoms with van der Waals surface area (Å²) in [6, 6.07) is 11.4. The topological polar surface area (TPSA) is 70.8 Å². The summed E-state index contributed by atoms with van der Waals surface area (Å²) >= 11 is 0. The number of hydrogen-bond donors (Lipinski definition) is 0. The van der Waals surface area contributed by atoms with Crippen LogP contribution in [0.2, 0.25) is 0 Å². The van der Waals surface area contributed by atoms with Gasteiger partial charge in [-0.05, 0) is 38.0 Å². The van der Waals surface area contributed by atoms with Crippen LogP contribution in [-0.4, -0.2) is 62.7 Å². The van der Waals surface area contributed by atoms with Crippen molar-refractivity contribution >= 4 is 17.5 Å². The molecule has 0 unspecified atom stereocenters. The first-order valence-corrected chi connectivity index (χ1v) is 10.0. The molecule has 7 heteroatoms. The van der Waals surface area contributed by atoms with Crippen molar-refractivity contribution < 1.29 is 9.59 Å².